The maximum atomic E-state index is 12.0. The fourth-order valence-corrected chi connectivity index (χ4v) is 7.77. The third-order valence-corrected chi connectivity index (χ3v) is 10.4. The monoisotopic (exact) mass is 662 g/mol. The Balaban J connectivity index is 1.51. The summed E-state index contributed by atoms with van der Waals surface area (Å²) in [7, 11) is 0. The first-order valence-electron chi connectivity index (χ1n) is 16.7. The van der Waals surface area contributed by atoms with Gasteiger partial charge in [-0.2, -0.15) is 0 Å². The van der Waals surface area contributed by atoms with Crippen molar-refractivity contribution in [1.29, 1.82) is 0 Å². The highest BCUT2D eigenvalue weighted by Crippen LogP contribution is 2.47. The van der Waals surface area contributed by atoms with E-state index in [1.165, 1.54) is 15.6 Å². The lowest BCUT2D eigenvalue weighted by molar-refractivity contribution is 0.446. The number of benzene rings is 3. The van der Waals surface area contributed by atoms with Crippen LogP contribution < -0.4 is 4.90 Å². The molecule has 0 amide bonds. The minimum Gasteiger partial charge on any atom is -0.507 e. The van der Waals surface area contributed by atoms with Gasteiger partial charge in [-0.15, -0.1) is 11.3 Å². The maximum Gasteiger partial charge on any atom is 0.137 e. The van der Waals surface area contributed by atoms with Crippen LogP contribution >= 0.6 is 11.3 Å². The number of aromatic nitrogens is 3. The van der Waals surface area contributed by atoms with Gasteiger partial charge in [0.2, 0.25) is 0 Å². The van der Waals surface area contributed by atoms with E-state index in [4.69, 9.17) is 9.97 Å². The van der Waals surface area contributed by atoms with Crippen LogP contribution in [0.15, 0.2) is 104 Å². The molecule has 7 rings (SSSR count). The van der Waals surface area contributed by atoms with E-state index in [0.29, 0.717) is 5.75 Å². The van der Waals surface area contributed by atoms with Crippen molar-refractivity contribution in [3.8, 4) is 28.3 Å². The summed E-state index contributed by atoms with van der Waals surface area (Å²) in [4.78, 5) is 16.8. The first-order chi connectivity index (χ1) is 23.3. The molecule has 0 saturated heterocycles. The van der Waals surface area contributed by atoms with E-state index in [2.05, 4.69) is 132 Å². The quantitative estimate of drug-likeness (QED) is 0.199. The van der Waals surface area contributed by atoms with Gasteiger partial charge in [-0.3, -0.25) is 9.88 Å². The molecule has 5 nitrogen and oxygen atoms in total. The van der Waals surface area contributed by atoms with Gasteiger partial charge in [-0.1, -0.05) is 84.0 Å². The standard InChI is InChI=1S/C43H42N4OS/c1-26-24-44-25-27(2)39(26)47(37-18-11-12-19-45-37)30-15-13-14-28(20-30)35-23-32-31-16-9-10-17-36(31)49-41(32)38(46-35)33-21-29(42(3,4)5)22-34(40(33)48)43(6,7)8/h9-25,48H,1-8H3. The van der Waals surface area contributed by atoms with Crippen LogP contribution in [0.4, 0.5) is 17.2 Å². The maximum absolute atomic E-state index is 12.0. The summed E-state index contributed by atoms with van der Waals surface area (Å²) in [5.74, 6) is 1.12. The van der Waals surface area contributed by atoms with E-state index >= 15 is 0 Å². The van der Waals surface area contributed by atoms with E-state index in [0.717, 1.165) is 66.5 Å². The SMILES string of the molecule is Cc1cncc(C)c1N(c1cccc(-c2cc3c(sc4ccccc43)c(-c3cc(C(C)(C)C)cc(C(C)(C)C)c3O)n2)c1)c1ccccn1. The molecule has 0 bridgehead atoms. The van der Waals surface area contributed by atoms with Crippen LogP contribution in [0.2, 0.25) is 0 Å². The second kappa shape index (κ2) is 12.1. The smallest absolute Gasteiger partial charge is 0.137 e. The molecule has 0 aliphatic rings. The van der Waals surface area contributed by atoms with Gasteiger partial charge < -0.3 is 5.11 Å². The van der Waals surface area contributed by atoms with Crippen molar-refractivity contribution in [2.24, 2.45) is 0 Å². The number of nitrogens with zero attached hydrogens (tertiary/aromatic N) is 4. The molecule has 0 aliphatic heterocycles. The zero-order chi connectivity index (χ0) is 34.7. The van der Waals surface area contributed by atoms with Gasteiger partial charge in [0.25, 0.3) is 0 Å². The minimum absolute atomic E-state index is 0.119. The van der Waals surface area contributed by atoms with Gasteiger partial charge in [-0.05, 0) is 83.8 Å². The van der Waals surface area contributed by atoms with Crippen LogP contribution in [0.3, 0.4) is 0 Å². The molecule has 3 aromatic carbocycles. The summed E-state index contributed by atoms with van der Waals surface area (Å²) in [6.07, 6.45) is 5.62. The molecule has 0 saturated carbocycles. The lowest BCUT2D eigenvalue weighted by Gasteiger charge is -2.28. The fraction of sp³-hybridized carbons (Fsp3) is 0.233. The molecule has 0 unspecified atom stereocenters. The molecule has 0 aliphatic carbocycles. The molecule has 1 N–H and O–H groups in total. The third-order valence-electron chi connectivity index (χ3n) is 9.19. The number of pyridine rings is 3. The van der Waals surface area contributed by atoms with Gasteiger partial charge in [0.05, 0.1) is 21.8 Å². The van der Waals surface area contributed by atoms with E-state index < -0.39 is 0 Å². The Labute approximate surface area is 293 Å². The van der Waals surface area contributed by atoms with Crippen molar-refractivity contribution in [3.05, 3.63) is 126 Å². The predicted octanol–water partition coefficient (Wildman–Crippen LogP) is 12.0. The highest BCUT2D eigenvalue weighted by molar-refractivity contribution is 7.26. The Kier molecular flexibility index (Phi) is 8.03. The van der Waals surface area contributed by atoms with Gasteiger partial charge in [0.1, 0.15) is 11.6 Å². The molecule has 0 fully saturated rings. The summed E-state index contributed by atoms with van der Waals surface area (Å²) in [6.45, 7) is 17.3. The second-order valence-electron chi connectivity index (χ2n) is 14.9. The fourth-order valence-electron chi connectivity index (χ4n) is 6.59. The van der Waals surface area contributed by atoms with E-state index in [9.17, 15) is 5.11 Å². The number of fused-ring (bicyclic) bond motifs is 3. The number of thiophene rings is 1. The Bertz CT molecular complexity index is 2330. The number of anilines is 3. The molecule has 4 aromatic heterocycles. The zero-order valence-electron chi connectivity index (χ0n) is 29.5. The zero-order valence-corrected chi connectivity index (χ0v) is 30.3. The van der Waals surface area contributed by atoms with Crippen molar-refractivity contribution in [1.82, 2.24) is 15.0 Å². The van der Waals surface area contributed by atoms with E-state index in [-0.39, 0.29) is 10.8 Å². The highest BCUT2D eigenvalue weighted by atomic mass is 32.1. The van der Waals surface area contributed by atoms with Crippen molar-refractivity contribution in [3.63, 3.8) is 0 Å². The van der Waals surface area contributed by atoms with E-state index in [1.807, 2.05) is 36.8 Å². The number of hydrogen-bond acceptors (Lipinski definition) is 6. The van der Waals surface area contributed by atoms with Gasteiger partial charge in [-0.25, -0.2) is 9.97 Å². The normalized spacial score (nSPS) is 12.2. The predicted molar refractivity (Wildman–Crippen MR) is 207 cm³/mol. The average molecular weight is 663 g/mol. The Morgan fingerprint density at radius 2 is 1.47 bits per heavy atom. The molecule has 6 heteroatoms. The number of hydrogen-bond donors (Lipinski definition) is 1. The van der Waals surface area contributed by atoms with Crippen LogP contribution in [0.1, 0.15) is 63.8 Å². The van der Waals surface area contributed by atoms with Crippen molar-refractivity contribution >= 4 is 48.7 Å². The largest absolute Gasteiger partial charge is 0.507 e. The van der Waals surface area contributed by atoms with Crippen LogP contribution in [-0.2, 0) is 10.8 Å². The number of aryl methyl sites for hydroxylation is 2. The molecule has 0 radical (unpaired) electrons. The third kappa shape index (κ3) is 5.95. The summed E-state index contributed by atoms with van der Waals surface area (Å²) in [6, 6.07) is 29.5. The van der Waals surface area contributed by atoms with Crippen LogP contribution in [0.5, 0.6) is 5.75 Å². The Morgan fingerprint density at radius 3 is 2.16 bits per heavy atom. The van der Waals surface area contributed by atoms with Gasteiger partial charge >= 0.3 is 0 Å². The molecule has 7 aromatic rings. The molecule has 0 atom stereocenters. The molecular weight excluding hydrogens is 621 g/mol. The van der Waals surface area contributed by atoms with Crippen LogP contribution in [0, 0.1) is 13.8 Å². The summed E-state index contributed by atoms with van der Waals surface area (Å²) < 4.78 is 2.26. The lowest BCUT2D eigenvalue weighted by Crippen LogP contribution is -2.17. The highest BCUT2D eigenvalue weighted by Gasteiger charge is 2.28. The van der Waals surface area contributed by atoms with Gasteiger partial charge in [0, 0.05) is 56.4 Å². The van der Waals surface area contributed by atoms with Crippen molar-refractivity contribution in [2.75, 3.05) is 4.90 Å². The number of aromatic hydroxyl groups is 1. The summed E-state index contributed by atoms with van der Waals surface area (Å²) in [5.41, 5.74) is 9.25. The number of phenolic OH excluding ortho intramolecular Hbond substituents is 1. The number of phenols is 1. The second-order valence-corrected chi connectivity index (χ2v) is 16.0. The van der Waals surface area contributed by atoms with Crippen molar-refractivity contribution < 1.29 is 5.11 Å². The molecule has 49 heavy (non-hydrogen) atoms. The van der Waals surface area contributed by atoms with E-state index in [1.54, 1.807) is 11.3 Å². The number of rotatable bonds is 5. The van der Waals surface area contributed by atoms with Crippen LogP contribution in [-0.4, -0.2) is 20.1 Å². The molecule has 246 valence electrons. The topological polar surface area (TPSA) is 62.1 Å². The minimum atomic E-state index is -0.260. The molecule has 4 heterocycles. The Hall–Kier alpha value is -5.07. The summed E-state index contributed by atoms with van der Waals surface area (Å²) in [5, 5.41) is 14.3. The lowest BCUT2D eigenvalue weighted by atomic mass is 9.78. The van der Waals surface area contributed by atoms with Crippen LogP contribution in [0.25, 0.3) is 42.7 Å². The Morgan fingerprint density at radius 1 is 0.735 bits per heavy atom. The molecular formula is C43H42N4OS. The first-order valence-corrected chi connectivity index (χ1v) is 17.6. The van der Waals surface area contributed by atoms with Gasteiger partial charge in [0.15, 0.2) is 0 Å². The average Bonchev–Trinajstić information content (AvgIpc) is 3.44. The summed E-state index contributed by atoms with van der Waals surface area (Å²) >= 11 is 1.73. The first kappa shape index (κ1) is 32.5. The van der Waals surface area contributed by atoms with Crippen molar-refractivity contribution in [2.45, 2.75) is 66.2 Å². The molecule has 0 spiro atoms.